The number of hydrogen-bond acceptors (Lipinski definition) is 9. The Labute approximate surface area is 196 Å². The average molecular weight is 490 g/mol. The standard InChI is InChI=1S/C20H19N5O4S3/c1-3-30-20-23-19(32-24-20)22-17(26)12(2)31-16-10-6-14(7-11-16)21-18(27)13-4-8-15(9-5-13)25(28)29/h4-12H,3H2,1-2H3,(H,21,27)(H,22,23,24,26). The van der Waals surface area contributed by atoms with Crippen LogP contribution in [0.2, 0.25) is 0 Å². The summed E-state index contributed by atoms with van der Waals surface area (Å²) in [4.78, 5) is 40.1. The maximum Gasteiger partial charge on any atom is 0.269 e. The van der Waals surface area contributed by atoms with Crippen LogP contribution in [0.25, 0.3) is 0 Å². The number of aromatic nitrogens is 2. The summed E-state index contributed by atoms with van der Waals surface area (Å²) in [6, 6.07) is 12.4. The van der Waals surface area contributed by atoms with E-state index in [0.717, 1.165) is 22.2 Å². The van der Waals surface area contributed by atoms with Crippen LogP contribution in [0.15, 0.2) is 58.6 Å². The van der Waals surface area contributed by atoms with Crippen molar-refractivity contribution in [2.45, 2.75) is 29.1 Å². The number of carbonyl (C=O) groups is 2. The van der Waals surface area contributed by atoms with Crippen LogP contribution in [0.5, 0.6) is 0 Å². The molecule has 0 aliphatic rings. The minimum Gasteiger partial charge on any atom is -0.322 e. The van der Waals surface area contributed by atoms with Crippen LogP contribution in [0.4, 0.5) is 16.5 Å². The normalized spacial score (nSPS) is 11.6. The maximum absolute atomic E-state index is 12.4. The van der Waals surface area contributed by atoms with Crippen molar-refractivity contribution in [3.05, 3.63) is 64.2 Å². The molecule has 0 spiro atoms. The molecule has 9 nitrogen and oxygen atoms in total. The summed E-state index contributed by atoms with van der Waals surface area (Å²) in [6.07, 6.45) is 0. The van der Waals surface area contributed by atoms with E-state index in [9.17, 15) is 19.7 Å². The van der Waals surface area contributed by atoms with Gasteiger partial charge in [0.1, 0.15) is 0 Å². The third-order valence-electron chi connectivity index (χ3n) is 4.05. The Morgan fingerprint density at radius 2 is 1.81 bits per heavy atom. The highest BCUT2D eigenvalue weighted by atomic mass is 32.2. The van der Waals surface area contributed by atoms with Crippen LogP contribution < -0.4 is 10.6 Å². The van der Waals surface area contributed by atoms with Gasteiger partial charge in [0.25, 0.3) is 11.6 Å². The molecule has 166 valence electrons. The second kappa shape index (κ2) is 11.1. The first-order chi connectivity index (χ1) is 15.4. The lowest BCUT2D eigenvalue weighted by atomic mass is 10.2. The molecular weight excluding hydrogens is 470 g/mol. The third kappa shape index (κ3) is 6.52. The number of nitrogens with one attached hydrogen (secondary N) is 2. The molecule has 1 atom stereocenters. The van der Waals surface area contributed by atoms with Gasteiger partial charge in [-0.1, -0.05) is 18.7 Å². The van der Waals surface area contributed by atoms with E-state index in [0.29, 0.717) is 21.5 Å². The molecule has 2 N–H and O–H groups in total. The Balaban J connectivity index is 1.53. The second-order valence-corrected chi connectivity index (χ2v) is 9.74. The quantitative estimate of drug-likeness (QED) is 0.246. The van der Waals surface area contributed by atoms with E-state index in [4.69, 9.17) is 0 Å². The molecule has 0 saturated heterocycles. The highest BCUT2D eigenvalue weighted by molar-refractivity contribution is 8.00. The molecule has 0 fully saturated rings. The molecule has 12 heteroatoms. The molecule has 1 heterocycles. The smallest absolute Gasteiger partial charge is 0.269 e. The minimum absolute atomic E-state index is 0.0764. The van der Waals surface area contributed by atoms with E-state index < -0.39 is 4.92 Å². The monoisotopic (exact) mass is 489 g/mol. The molecular formula is C20H19N5O4S3. The largest absolute Gasteiger partial charge is 0.322 e. The van der Waals surface area contributed by atoms with Crippen molar-refractivity contribution >= 4 is 63.4 Å². The topological polar surface area (TPSA) is 127 Å². The Hall–Kier alpha value is -2.96. The van der Waals surface area contributed by atoms with Gasteiger partial charge in [-0.2, -0.15) is 9.36 Å². The van der Waals surface area contributed by atoms with Gasteiger partial charge < -0.3 is 5.32 Å². The number of thioether (sulfide) groups is 2. The van der Waals surface area contributed by atoms with E-state index in [1.54, 1.807) is 31.2 Å². The van der Waals surface area contributed by atoms with Crippen LogP contribution in [-0.4, -0.2) is 37.1 Å². The third-order valence-corrected chi connectivity index (χ3v) is 6.63. The summed E-state index contributed by atoms with van der Waals surface area (Å²) in [7, 11) is 0. The number of carbonyl (C=O) groups excluding carboxylic acids is 2. The number of benzene rings is 2. The molecule has 0 radical (unpaired) electrons. The van der Waals surface area contributed by atoms with Crippen molar-refractivity contribution in [3.8, 4) is 0 Å². The first kappa shape index (κ1) is 23.7. The number of hydrogen-bond donors (Lipinski definition) is 2. The fourth-order valence-electron chi connectivity index (χ4n) is 2.47. The number of amides is 2. The fraction of sp³-hybridized carbons (Fsp3) is 0.200. The van der Waals surface area contributed by atoms with Crippen molar-refractivity contribution in [1.82, 2.24) is 9.36 Å². The molecule has 32 heavy (non-hydrogen) atoms. The summed E-state index contributed by atoms with van der Waals surface area (Å²) in [6.45, 7) is 3.81. The summed E-state index contributed by atoms with van der Waals surface area (Å²) >= 11 is 4.05. The molecule has 2 amide bonds. The molecule has 2 aromatic carbocycles. The van der Waals surface area contributed by atoms with E-state index in [1.165, 1.54) is 47.8 Å². The Morgan fingerprint density at radius 1 is 1.12 bits per heavy atom. The first-order valence-corrected chi connectivity index (χ1v) is 12.1. The van der Waals surface area contributed by atoms with Crippen molar-refractivity contribution in [3.63, 3.8) is 0 Å². The summed E-state index contributed by atoms with van der Waals surface area (Å²) < 4.78 is 4.18. The number of non-ortho nitro benzene ring substituents is 1. The Kier molecular flexibility index (Phi) is 8.20. The lowest BCUT2D eigenvalue weighted by Crippen LogP contribution is -2.22. The van der Waals surface area contributed by atoms with Crippen molar-refractivity contribution in [1.29, 1.82) is 0 Å². The molecule has 0 bridgehead atoms. The van der Waals surface area contributed by atoms with E-state index >= 15 is 0 Å². The molecule has 0 saturated carbocycles. The SMILES string of the molecule is CCSc1nsc(NC(=O)C(C)Sc2ccc(NC(=O)c3ccc([N+](=O)[O-])cc3)cc2)n1. The van der Waals surface area contributed by atoms with Crippen molar-refractivity contribution in [2.24, 2.45) is 0 Å². The van der Waals surface area contributed by atoms with Gasteiger partial charge >= 0.3 is 0 Å². The van der Waals surface area contributed by atoms with Crippen LogP contribution in [0.1, 0.15) is 24.2 Å². The summed E-state index contributed by atoms with van der Waals surface area (Å²) in [5.41, 5.74) is 0.814. The van der Waals surface area contributed by atoms with Gasteiger partial charge in [0, 0.05) is 39.8 Å². The minimum atomic E-state index is -0.518. The lowest BCUT2D eigenvalue weighted by Gasteiger charge is -2.11. The molecule has 0 aliphatic heterocycles. The van der Waals surface area contributed by atoms with Crippen molar-refractivity contribution < 1.29 is 14.5 Å². The van der Waals surface area contributed by atoms with Gasteiger partial charge in [0.2, 0.25) is 16.2 Å². The zero-order valence-corrected chi connectivity index (χ0v) is 19.6. The number of nitro groups is 1. The zero-order valence-electron chi connectivity index (χ0n) is 17.1. The van der Waals surface area contributed by atoms with Gasteiger partial charge in [0.15, 0.2) is 0 Å². The predicted octanol–water partition coefficient (Wildman–Crippen LogP) is 4.93. The molecule has 1 aromatic heterocycles. The average Bonchev–Trinajstić information content (AvgIpc) is 3.22. The van der Waals surface area contributed by atoms with Crippen molar-refractivity contribution in [2.75, 3.05) is 16.4 Å². The molecule has 3 aromatic rings. The van der Waals surface area contributed by atoms with Gasteiger partial charge in [-0.25, -0.2) is 0 Å². The van der Waals surface area contributed by atoms with Gasteiger partial charge in [-0.3, -0.25) is 25.0 Å². The van der Waals surface area contributed by atoms with Gasteiger partial charge in [-0.15, -0.1) is 11.8 Å². The number of rotatable bonds is 9. The van der Waals surface area contributed by atoms with Gasteiger partial charge in [0.05, 0.1) is 10.2 Å². The summed E-state index contributed by atoms with van der Waals surface area (Å²) in [5.74, 6) is 0.321. The predicted molar refractivity (Wildman–Crippen MR) is 128 cm³/mol. The van der Waals surface area contributed by atoms with Crippen LogP contribution in [-0.2, 0) is 4.79 Å². The van der Waals surface area contributed by atoms with Gasteiger partial charge in [-0.05, 0) is 49.1 Å². The van der Waals surface area contributed by atoms with E-state index in [2.05, 4.69) is 20.0 Å². The molecule has 3 rings (SSSR count). The highest BCUT2D eigenvalue weighted by Crippen LogP contribution is 2.27. The second-order valence-electron chi connectivity index (χ2n) is 6.35. The summed E-state index contributed by atoms with van der Waals surface area (Å²) in [5, 5.41) is 17.0. The fourth-order valence-corrected chi connectivity index (χ4v) is 4.61. The highest BCUT2D eigenvalue weighted by Gasteiger charge is 2.17. The molecule has 0 aliphatic carbocycles. The molecule has 1 unspecified atom stereocenters. The first-order valence-electron chi connectivity index (χ1n) is 9.45. The lowest BCUT2D eigenvalue weighted by molar-refractivity contribution is -0.384. The van der Waals surface area contributed by atoms with E-state index in [1.807, 2.05) is 6.92 Å². The van der Waals surface area contributed by atoms with Crippen LogP contribution >= 0.6 is 35.1 Å². The van der Waals surface area contributed by atoms with E-state index in [-0.39, 0.29) is 22.8 Å². The van der Waals surface area contributed by atoms with Crippen LogP contribution in [0, 0.1) is 10.1 Å². The maximum atomic E-state index is 12.4. The zero-order chi connectivity index (χ0) is 23.1. The Morgan fingerprint density at radius 3 is 2.44 bits per heavy atom. The number of nitrogens with zero attached hydrogens (tertiary/aromatic N) is 3. The Bertz CT molecular complexity index is 1100. The number of anilines is 2. The number of nitro benzene ring substituents is 1. The van der Waals surface area contributed by atoms with Crippen LogP contribution in [0.3, 0.4) is 0 Å².